The van der Waals surface area contributed by atoms with Crippen LogP contribution in [0.25, 0.3) is 0 Å². The van der Waals surface area contributed by atoms with E-state index < -0.39 is 5.97 Å². The first-order valence-corrected chi connectivity index (χ1v) is 6.28. The maximum atomic E-state index is 10.7. The normalized spacial score (nSPS) is 10.3. The topological polar surface area (TPSA) is 37.3 Å². The van der Waals surface area contributed by atoms with Gasteiger partial charge in [0.2, 0.25) is 0 Å². The molecule has 0 heterocycles. The van der Waals surface area contributed by atoms with Crippen LogP contribution in [0.2, 0.25) is 5.02 Å². The third-order valence-electron chi connectivity index (χ3n) is 1.91. The highest BCUT2D eigenvalue weighted by atomic mass is 35.5. The van der Waals surface area contributed by atoms with Crippen LogP contribution in [0, 0.1) is 0 Å². The van der Waals surface area contributed by atoms with E-state index >= 15 is 0 Å². The molecule has 82 valence electrons. The number of hydrogen-bond donors (Lipinski definition) is 1. The molecule has 0 bridgehead atoms. The van der Waals surface area contributed by atoms with E-state index in [2.05, 4.69) is 6.92 Å². The number of thioether (sulfide) groups is 1. The van der Waals surface area contributed by atoms with E-state index in [9.17, 15) is 4.79 Å². The van der Waals surface area contributed by atoms with E-state index in [4.69, 9.17) is 16.7 Å². The highest BCUT2D eigenvalue weighted by molar-refractivity contribution is 7.98. The molecule has 0 aliphatic carbocycles. The fourth-order valence-corrected chi connectivity index (χ4v) is 2.36. The summed E-state index contributed by atoms with van der Waals surface area (Å²) in [4.78, 5) is 10.7. The number of halogens is 1. The molecule has 1 aromatic carbocycles. The zero-order valence-corrected chi connectivity index (χ0v) is 10.1. The quantitative estimate of drug-likeness (QED) is 0.803. The monoisotopic (exact) mass is 244 g/mol. The minimum Gasteiger partial charge on any atom is -0.478 e. The maximum Gasteiger partial charge on any atom is 0.335 e. The van der Waals surface area contributed by atoms with Crippen LogP contribution in [-0.4, -0.2) is 16.8 Å². The Morgan fingerprint density at radius 1 is 1.53 bits per heavy atom. The van der Waals surface area contributed by atoms with Gasteiger partial charge in [0, 0.05) is 10.8 Å². The van der Waals surface area contributed by atoms with Crippen molar-refractivity contribution in [1.29, 1.82) is 0 Å². The Morgan fingerprint density at radius 3 is 2.80 bits per heavy atom. The number of benzene rings is 1. The molecule has 0 aromatic heterocycles. The molecule has 0 aliphatic rings. The third-order valence-corrected chi connectivity index (χ3v) is 3.47. The van der Waals surface area contributed by atoms with Crippen LogP contribution >= 0.6 is 23.4 Å². The third kappa shape index (κ3) is 3.76. The van der Waals surface area contributed by atoms with Crippen LogP contribution in [0.3, 0.4) is 0 Å². The van der Waals surface area contributed by atoms with Gasteiger partial charge in [0.15, 0.2) is 0 Å². The summed E-state index contributed by atoms with van der Waals surface area (Å²) in [6.07, 6.45) is 1.13. The highest BCUT2D eigenvalue weighted by Gasteiger charge is 2.06. The second-order valence-corrected chi connectivity index (χ2v) is 4.68. The van der Waals surface area contributed by atoms with Crippen molar-refractivity contribution in [2.45, 2.75) is 19.1 Å². The number of carbonyl (C=O) groups is 1. The highest BCUT2D eigenvalue weighted by Crippen LogP contribution is 2.22. The standard InChI is InChI=1S/C11H13ClO2S/c1-2-5-15-7-9-4-3-8(11(13)14)6-10(9)12/h3-4,6H,2,5,7H2,1H3,(H,13,14). The van der Waals surface area contributed by atoms with E-state index in [1.807, 2.05) is 0 Å². The molecule has 4 heteroatoms. The summed E-state index contributed by atoms with van der Waals surface area (Å²) < 4.78 is 0. The van der Waals surface area contributed by atoms with Gasteiger partial charge in [-0.1, -0.05) is 24.6 Å². The van der Waals surface area contributed by atoms with E-state index in [1.165, 1.54) is 6.07 Å². The van der Waals surface area contributed by atoms with Crippen molar-refractivity contribution in [3.05, 3.63) is 34.3 Å². The second kappa shape index (κ2) is 6.03. The minimum absolute atomic E-state index is 0.240. The lowest BCUT2D eigenvalue weighted by Crippen LogP contribution is -1.96. The zero-order chi connectivity index (χ0) is 11.3. The van der Waals surface area contributed by atoms with E-state index in [1.54, 1.807) is 23.9 Å². The Bertz CT molecular complexity index is 352. The van der Waals surface area contributed by atoms with Crippen molar-refractivity contribution in [1.82, 2.24) is 0 Å². The number of carboxylic acid groups (broad SMARTS) is 1. The summed E-state index contributed by atoms with van der Waals surface area (Å²) in [5.41, 5.74) is 1.24. The Balaban J connectivity index is 2.70. The molecule has 0 spiro atoms. The van der Waals surface area contributed by atoms with Gasteiger partial charge in [-0.25, -0.2) is 4.79 Å². The minimum atomic E-state index is -0.940. The summed E-state index contributed by atoms with van der Waals surface area (Å²) in [6.45, 7) is 2.13. The fourth-order valence-electron chi connectivity index (χ4n) is 1.12. The summed E-state index contributed by atoms with van der Waals surface area (Å²) in [7, 11) is 0. The number of hydrogen-bond acceptors (Lipinski definition) is 2. The molecule has 0 unspecified atom stereocenters. The van der Waals surface area contributed by atoms with E-state index in [0.29, 0.717) is 5.02 Å². The van der Waals surface area contributed by atoms with Gasteiger partial charge < -0.3 is 5.11 Å². The average molecular weight is 245 g/mol. The molecule has 0 saturated heterocycles. The van der Waals surface area contributed by atoms with Gasteiger partial charge in [0.05, 0.1) is 5.56 Å². The van der Waals surface area contributed by atoms with Crippen LogP contribution in [0.1, 0.15) is 29.3 Å². The molecule has 15 heavy (non-hydrogen) atoms. The average Bonchev–Trinajstić information content (AvgIpc) is 2.20. The lowest BCUT2D eigenvalue weighted by Gasteiger charge is -2.04. The van der Waals surface area contributed by atoms with Crippen LogP contribution in [-0.2, 0) is 5.75 Å². The summed E-state index contributed by atoms with van der Waals surface area (Å²) in [5, 5.41) is 9.29. The van der Waals surface area contributed by atoms with Gasteiger partial charge in [0.25, 0.3) is 0 Å². The van der Waals surface area contributed by atoms with Crippen molar-refractivity contribution >= 4 is 29.3 Å². The van der Waals surface area contributed by atoms with Crippen LogP contribution in [0.15, 0.2) is 18.2 Å². The molecule has 1 aromatic rings. The summed E-state index contributed by atoms with van der Waals surface area (Å²) in [6, 6.07) is 4.89. The smallest absolute Gasteiger partial charge is 0.335 e. The van der Waals surface area contributed by atoms with Crippen LogP contribution < -0.4 is 0 Å². The predicted molar refractivity (Wildman–Crippen MR) is 64.9 cm³/mol. The largest absolute Gasteiger partial charge is 0.478 e. The van der Waals surface area contributed by atoms with Gasteiger partial charge in [-0.15, -0.1) is 0 Å². The lowest BCUT2D eigenvalue weighted by molar-refractivity contribution is 0.0697. The van der Waals surface area contributed by atoms with Crippen molar-refractivity contribution in [3.63, 3.8) is 0 Å². The lowest BCUT2D eigenvalue weighted by atomic mass is 10.1. The SMILES string of the molecule is CCCSCc1ccc(C(=O)O)cc1Cl. The number of rotatable bonds is 5. The number of carboxylic acids is 1. The Morgan fingerprint density at radius 2 is 2.27 bits per heavy atom. The summed E-state index contributed by atoms with van der Waals surface area (Å²) in [5.74, 6) is 0.994. The molecule has 1 rings (SSSR count). The van der Waals surface area contributed by atoms with Crippen molar-refractivity contribution in [3.8, 4) is 0 Å². The molecule has 0 aliphatic heterocycles. The summed E-state index contributed by atoms with van der Waals surface area (Å²) >= 11 is 7.78. The zero-order valence-electron chi connectivity index (χ0n) is 8.50. The van der Waals surface area contributed by atoms with Gasteiger partial charge >= 0.3 is 5.97 Å². The maximum absolute atomic E-state index is 10.7. The van der Waals surface area contributed by atoms with Gasteiger partial charge in [-0.3, -0.25) is 0 Å². The molecule has 1 N–H and O–H groups in total. The molecule has 0 fully saturated rings. The molecular formula is C11H13ClO2S. The Kier molecular flexibility index (Phi) is 4.99. The Hall–Kier alpha value is -0.670. The van der Waals surface area contributed by atoms with Crippen LogP contribution in [0.4, 0.5) is 0 Å². The van der Waals surface area contributed by atoms with Crippen molar-refractivity contribution in [2.75, 3.05) is 5.75 Å². The Labute approximate surface area is 98.6 Å². The first-order chi connectivity index (χ1) is 7.15. The van der Waals surface area contributed by atoms with Crippen LogP contribution in [0.5, 0.6) is 0 Å². The first kappa shape index (κ1) is 12.4. The molecule has 2 nitrogen and oxygen atoms in total. The van der Waals surface area contributed by atoms with Gasteiger partial charge in [0.1, 0.15) is 0 Å². The van der Waals surface area contributed by atoms with E-state index in [0.717, 1.165) is 23.5 Å². The van der Waals surface area contributed by atoms with Gasteiger partial charge in [-0.2, -0.15) is 11.8 Å². The van der Waals surface area contributed by atoms with Crippen molar-refractivity contribution < 1.29 is 9.90 Å². The fraction of sp³-hybridized carbons (Fsp3) is 0.364. The predicted octanol–water partition coefficient (Wildman–Crippen LogP) is 3.68. The molecule has 0 radical (unpaired) electrons. The van der Waals surface area contributed by atoms with Crippen molar-refractivity contribution in [2.24, 2.45) is 0 Å². The molecule has 0 amide bonds. The van der Waals surface area contributed by atoms with E-state index in [-0.39, 0.29) is 5.56 Å². The molecule has 0 atom stereocenters. The molecule has 0 saturated carbocycles. The number of aromatic carboxylic acids is 1. The second-order valence-electron chi connectivity index (χ2n) is 3.16. The first-order valence-electron chi connectivity index (χ1n) is 4.74. The molecular weight excluding hydrogens is 232 g/mol. The van der Waals surface area contributed by atoms with Gasteiger partial charge in [-0.05, 0) is 29.9 Å².